The molecule has 31 heavy (non-hydrogen) atoms. The Balaban J connectivity index is 1.59. The molecule has 1 fully saturated rings. The van der Waals surface area contributed by atoms with Crippen molar-refractivity contribution in [2.24, 2.45) is 16.6 Å². The van der Waals surface area contributed by atoms with Gasteiger partial charge in [0.05, 0.1) is 12.7 Å². The van der Waals surface area contributed by atoms with Gasteiger partial charge in [0, 0.05) is 24.7 Å². The van der Waals surface area contributed by atoms with Crippen LogP contribution in [0.5, 0.6) is 5.75 Å². The van der Waals surface area contributed by atoms with Gasteiger partial charge in [0.2, 0.25) is 0 Å². The van der Waals surface area contributed by atoms with E-state index in [1.165, 1.54) is 12.1 Å². The summed E-state index contributed by atoms with van der Waals surface area (Å²) in [6, 6.07) is 11.6. The van der Waals surface area contributed by atoms with Crippen molar-refractivity contribution in [2.75, 3.05) is 25.5 Å². The van der Waals surface area contributed by atoms with E-state index in [4.69, 9.17) is 10.5 Å². The minimum atomic E-state index is -4.37. The third-order valence-corrected chi connectivity index (χ3v) is 5.16. The molecule has 1 atom stereocenters. The number of amidine groups is 1. The van der Waals surface area contributed by atoms with Gasteiger partial charge in [-0.2, -0.15) is 18.2 Å². The molecular weight excluding hydrogens is 409 g/mol. The van der Waals surface area contributed by atoms with Crippen LogP contribution in [0.3, 0.4) is 0 Å². The monoisotopic (exact) mass is 434 g/mol. The smallest absolute Gasteiger partial charge is 0.416 e. The number of carbonyl (C=O) groups is 1. The van der Waals surface area contributed by atoms with E-state index in [1.807, 2.05) is 4.90 Å². The molecule has 1 aliphatic rings. The zero-order valence-corrected chi connectivity index (χ0v) is 17.2. The molecule has 2 aromatic carbocycles. The normalized spacial score (nSPS) is 17.9. The van der Waals surface area contributed by atoms with Crippen LogP contribution in [0.4, 0.5) is 23.7 Å². The van der Waals surface area contributed by atoms with Gasteiger partial charge in [-0.1, -0.05) is 18.2 Å². The minimum Gasteiger partial charge on any atom is -0.497 e. The number of aliphatic imine (C=N–C) groups is 1. The Bertz CT molecular complexity index is 929. The van der Waals surface area contributed by atoms with Gasteiger partial charge in [-0.15, -0.1) is 0 Å². The number of urea groups is 1. The summed E-state index contributed by atoms with van der Waals surface area (Å²) in [6.07, 6.45) is -2.78. The zero-order chi connectivity index (χ0) is 22.4. The molecule has 1 aliphatic heterocycles. The summed E-state index contributed by atoms with van der Waals surface area (Å²) in [5.41, 5.74) is 6.57. The first-order valence-corrected chi connectivity index (χ1v) is 9.92. The SMILES string of the molecule is COc1ccc(NC(=O)/N=C(\N)C2CCCN(Cc3cccc(C(F)(F)F)c3)C2)cc1. The molecule has 0 radical (unpaired) electrons. The number of anilines is 1. The number of nitrogens with zero attached hydrogens (tertiary/aromatic N) is 2. The molecule has 3 rings (SSSR count). The quantitative estimate of drug-likeness (QED) is 0.536. The molecule has 0 bridgehead atoms. The highest BCUT2D eigenvalue weighted by Gasteiger charge is 2.30. The molecule has 2 aromatic rings. The molecule has 9 heteroatoms. The van der Waals surface area contributed by atoms with E-state index in [0.29, 0.717) is 30.1 Å². The lowest BCUT2D eigenvalue weighted by Gasteiger charge is -2.32. The maximum Gasteiger partial charge on any atom is 0.416 e. The molecular formula is C22H25F3N4O2. The van der Waals surface area contributed by atoms with Gasteiger partial charge < -0.3 is 15.8 Å². The number of alkyl halides is 3. The van der Waals surface area contributed by atoms with Gasteiger partial charge >= 0.3 is 12.2 Å². The first-order valence-electron chi connectivity index (χ1n) is 9.92. The summed E-state index contributed by atoms with van der Waals surface area (Å²) in [6.45, 7) is 1.66. The van der Waals surface area contributed by atoms with Crippen molar-refractivity contribution in [1.82, 2.24) is 4.90 Å². The number of nitrogens with one attached hydrogen (secondary N) is 1. The summed E-state index contributed by atoms with van der Waals surface area (Å²) >= 11 is 0. The van der Waals surface area contributed by atoms with Gasteiger partial charge in [-0.05, 0) is 55.3 Å². The number of halogens is 3. The molecule has 1 unspecified atom stereocenters. The number of likely N-dealkylation sites (tertiary alicyclic amines) is 1. The van der Waals surface area contributed by atoms with Crippen molar-refractivity contribution in [3.05, 3.63) is 59.7 Å². The number of nitrogens with two attached hydrogens (primary N) is 1. The zero-order valence-electron chi connectivity index (χ0n) is 17.2. The van der Waals surface area contributed by atoms with Gasteiger partial charge in [0.1, 0.15) is 11.6 Å². The van der Waals surface area contributed by atoms with Gasteiger partial charge in [-0.25, -0.2) is 4.79 Å². The third-order valence-electron chi connectivity index (χ3n) is 5.16. The van der Waals surface area contributed by atoms with Crippen molar-refractivity contribution < 1.29 is 22.7 Å². The van der Waals surface area contributed by atoms with Crippen LogP contribution < -0.4 is 15.8 Å². The molecule has 3 N–H and O–H groups in total. The lowest BCUT2D eigenvalue weighted by Crippen LogP contribution is -2.41. The number of piperidine rings is 1. The molecule has 166 valence electrons. The molecule has 0 aliphatic carbocycles. The highest BCUT2D eigenvalue weighted by atomic mass is 19.4. The van der Waals surface area contributed by atoms with E-state index >= 15 is 0 Å². The molecule has 6 nitrogen and oxygen atoms in total. The molecule has 1 saturated heterocycles. The summed E-state index contributed by atoms with van der Waals surface area (Å²) in [7, 11) is 1.55. The first-order chi connectivity index (χ1) is 14.7. The highest BCUT2D eigenvalue weighted by Crippen LogP contribution is 2.30. The number of methoxy groups -OCH3 is 1. The Hall–Kier alpha value is -3.07. The number of benzene rings is 2. The van der Waals surface area contributed by atoms with Crippen LogP contribution in [0.1, 0.15) is 24.0 Å². The Kier molecular flexibility index (Phi) is 7.17. The van der Waals surface area contributed by atoms with Crippen LogP contribution >= 0.6 is 0 Å². The second-order valence-corrected chi connectivity index (χ2v) is 7.47. The third kappa shape index (κ3) is 6.45. The van der Waals surface area contributed by atoms with E-state index in [0.717, 1.165) is 25.5 Å². The van der Waals surface area contributed by atoms with E-state index in [9.17, 15) is 18.0 Å². The van der Waals surface area contributed by atoms with Crippen molar-refractivity contribution in [3.63, 3.8) is 0 Å². The molecule has 0 saturated carbocycles. The van der Waals surface area contributed by atoms with Crippen molar-refractivity contribution in [3.8, 4) is 5.75 Å². The fraction of sp³-hybridized carbons (Fsp3) is 0.364. The van der Waals surface area contributed by atoms with E-state index < -0.39 is 17.8 Å². The Morgan fingerprint density at radius 2 is 2.00 bits per heavy atom. The van der Waals surface area contributed by atoms with Crippen LogP contribution in [-0.4, -0.2) is 37.0 Å². The lowest BCUT2D eigenvalue weighted by molar-refractivity contribution is -0.137. The number of ether oxygens (including phenoxy) is 1. The average molecular weight is 434 g/mol. The Labute approximate surface area is 178 Å². The predicted molar refractivity (Wildman–Crippen MR) is 113 cm³/mol. The van der Waals surface area contributed by atoms with Crippen LogP contribution in [-0.2, 0) is 12.7 Å². The number of rotatable bonds is 5. The largest absolute Gasteiger partial charge is 0.497 e. The van der Waals surface area contributed by atoms with Gasteiger partial charge in [0.25, 0.3) is 0 Å². The van der Waals surface area contributed by atoms with Crippen LogP contribution in [0, 0.1) is 5.92 Å². The topological polar surface area (TPSA) is 79.9 Å². The van der Waals surface area contributed by atoms with Crippen LogP contribution in [0.2, 0.25) is 0 Å². The van der Waals surface area contributed by atoms with Crippen LogP contribution in [0.15, 0.2) is 53.5 Å². The van der Waals surface area contributed by atoms with Crippen molar-refractivity contribution in [1.29, 1.82) is 0 Å². The second kappa shape index (κ2) is 9.82. The van der Waals surface area contributed by atoms with E-state index in [1.54, 1.807) is 37.4 Å². The molecule has 2 amide bonds. The summed E-state index contributed by atoms with van der Waals surface area (Å²) < 4.78 is 43.9. The van der Waals surface area contributed by atoms with Crippen molar-refractivity contribution >= 4 is 17.6 Å². The lowest BCUT2D eigenvalue weighted by atomic mass is 9.96. The Morgan fingerprint density at radius 1 is 1.26 bits per heavy atom. The molecule has 0 spiro atoms. The number of amides is 2. The predicted octanol–water partition coefficient (Wildman–Crippen LogP) is 4.52. The fourth-order valence-electron chi connectivity index (χ4n) is 3.58. The maximum absolute atomic E-state index is 12.9. The fourth-order valence-corrected chi connectivity index (χ4v) is 3.58. The number of hydrogen-bond acceptors (Lipinski definition) is 3. The summed E-state index contributed by atoms with van der Waals surface area (Å²) in [5.74, 6) is 0.755. The summed E-state index contributed by atoms with van der Waals surface area (Å²) in [5, 5.41) is 2.65. The van der Waals surface area contributed by atoms with Crippen LogP contribution in [0.25, 0.3) is 0 Å². The molecule has 1 heterocycles. The highest BCUT2D eigenvalue weighted by molar-refractivity contribution is 6.00. The average Bonchev–Trinajstić information content (AvgIpc) is 2.74. The maximum atomic E-state index is 12.9. The standard InChI is InChI=1S/C22H25F3N4O2/c1-31-19-9-7-18(8-10-19)27-21(30)28-20(26)16-5-3-11-29(14-16)13-15-4-2-6-17(12-15)22(23,24)25/h2,4,6-10,12,16H,3,5,11,13-14H2,1H3,(H3,26,27,28,30). The number of carbonyl (C=O) groups excluding carboxylic acids is 1. The molecule has 0 aromatic heterocycles. The van der Waals surface area contributed by atoms with E-state index in [-0.39, 0.29) is 11.8 Å². The second-order valence-electron chi connectivity index (χ2n) is 7.47. The van der Waals surface area contributed by atoms with E-state index in [2.05, 4.69) is 10.3 Å². The van der Waals surface area contributed by atoms with Crippen molar-refractivity contribution in [2.45, 2.75) is 25.6 Å². The first kappa shape index (κ1) is 22.6. The Morgan fingerprint density at radius 3 is 2.68 bits per heavy atom. The number of hydrogen-bond donors (Lipinski definition) is 2. The van der Waals surface area contributed by atoms with Gasteiger partial charge in [0.15, 0.2) is 0 Å². The minimum absolute atomic E-state index is 0.138. The summed E-state index contributed by atoms with van der Waals surface area (Å²) in [4.78, 5) is 18.2. The van der Waals surface area contributed by atoms with Gasteiger partial charge in [-0.3, -0.25) is 4.90 Å².